The van der Waals surface area contributed by atoms with Gasteiger partial charge in [0.05, 0.1) is 5.54 Å². The molecule has 2 saturated heterocycles. The molecular formula is C15H29N3O2. The van der Waals surface area contributed by atoms with Crippen LogP contribution in [0.1, 0.15) is 39.5 Å². The topological polar surface area (TPSA) is 55.8 Å². The molecule has 2 aliphatic heterocycles. The van der Waals surface area contributed by atoms with Crippen LogP contribution in [0.25, 0.3) is 0 Å². The van der Waals surface area contributed by atoms with E-state index in [1.54, 1.807) is 0 Å². The molecule has 0 spiro atoms. The number of nitrogens with zero attached hydrogens (tertiary/aromatic N) is 2. The number of amides is 1. The molecule has 0 aromatic rings. The number of hydrogen-bond donors (Lipinski definition) is 2. The Labute approximate surface area is 122 Å². The van der Waals surface area contributed by atoms with Crippen molar-refractivity contribution in [1.82, 2.24) is 15.1 Å². The summed E-state index contributed by atoms with van der Waals surface area (Å²) in [6.07, 6.45) is 4.00. The van der Waals surface area contributed by atoms with Crippen LogP contribution >= 0.6 is 0 Å². The lowest BCUT2D eigenvalue weighted by Crippen LogP contribution is -2.62. The molecule has 1 unspecified atom stereocenters. The van der Waals surface area contributed by atoms with Gasteiger partial charge in [0.1, 0.15) is 0 Å². The normalized spacial score (nSPS) is 25.8. The molecule has 2 heterocycles. The molecule has 0 bridgehead atoms. The number of likely N-dealkylation sites (tertiary alicyclic amines) is 1. The lowest BCUT2D eigenvalue weighted by Gasteiger charge is -2.45. The van der Waals surface area contributed by atoms with Gasteiger partial charge in [-0.2, -0.15) is 0 Å². The van der Waals surface area contributed by atoms with Gasteiger partial charge in [0.25, 0.3) is 0 Å². The molecule has 0 aromatic carbocycles. The summed E-state index contributed by atoms with van der Waals surface area (Å²) in [4.78, 5) is 17.3. The van der Waals surface area contributed by atoms with Gasteiger partial charge >= 0.3 is 0 Å². The monoisotopic (exact) mass is 283 g/mol. The van der Waals surface area contributed by atoms with Crippen molar-refractivity contribution < 1.29 is 9.90 Å². The minimum Gasteiger partial charge on any atom is -0.396 e. The van der Waals surface area contributed by atoms with Crippen molar-refractivity contribution in [3.8, 4) is 0 Å². The van der Waals surface area contributed by atoms with Gasteiger partial charge < -0.3 is 15.3 Å². The average Bonchev–Trinajstić information content (AvgIpc) is 2.48. The number of rotatable bonds is 4. The van der Waals surface area contributed by atoms with Crippen LogP contribution in [0, 0.1) is 0 Å². The predicted octanol–water partition coefficient (Wildman–Crippen LogP) is 0.434. The second-order valence-electron chi connectivity index (χ2n) is 6.46. The fraction of sp³-hybridized carbons (Fsp3) is 0.933. The highest BCUT2D eigenvalue weighted by molar-refractivity contribution is 5.86. The van der Waals surface area contributed by atoms with Gasteiger partial charge in [-0.25, -0.2) is 0 Å². The molecule has 1 amide bonds. The van der Waals surface area contributed by atoms with Crippen molar-refractivity contribution in [2.24, 2.45) is 0 Å². The minimum absolute atomic E-state index is 0.169. The van der Waals surface area contributed by atoms with Gasteiger partial charge in [-0.15, -0.1) is 0 Å². The fourth-order valence-electron chi connectivity index (χ4n) is 3.43. The van der Waals surface area contributed by atoms with Gasteiger partial charge in [-0.3, -0.25) is 9.69 Å². The number of piperidine rings is 1. The summed E-state index contributed by atoms with van der Waals surface area (Å²) in [6.45, 7) is 8.88. The van der Waals surface area contributed by atoms with Gasteiger partial charge in [-0.05, 0) is 39.5 Å². The quantitative estimate of drug-likeness (QED) is 0.786. The molecule has 5 heteroatoms. The van der Waals surface area contributed by atoms with Crippen molar-refractivity contribution in [2.45, 2.75) is 51.1 Å². The van der Waals surface area contributed by atoms with E-state index < -0.39 is 5.54 Å². The minimum atomic E-state index is -0.437. The van der Waals surface area contributed by atoms with Gasteiger partial charge in [0.2, 0.25) is 5.91 Å². The van der Waals surface area contributed by atoms with Crippen LogP contribution in [-0.4, -0.2) is 71.7 Å². The maximum absolute atomic E-state index is 13.0. The third kappa shape index (κ3) is 3.32. The van der Waals surface area contributed by atoms with Crippen LogP contribution in [0.5, 0.6) is 0 Å². The van der Waals surface area contributed by atoms with Crippen LogP contribution in [0.3, 0.4) is 0 Å². The zero-order valence-corrected chi connectivity index (χ0v) is 12.9. The van der Waals surface area contributed by atoms with E-state index in [4.69, 9.17) is 0 Å². The number of piperazine rings is 1. The molecule has 0 saturated carbocycles. The molecule has 0 radical (unpaired) electrons. The summed E-state index contributed by atoms with van der Waals surface area (Å²) in [5.74, 6) is 0.234. The van der Waals surface area contributed by atoms with Crippen LogP contribution in [0.2, 0.25) is 0 Å². The summed E-state index contributed by atoms with van der Waals surface area (Å²) < 4.78 is 0. The first-order chi connectivity index (χ1) is 9.57. The van der Waals surface area contributed by atoms with E-state index in [0.29, 0.717) is 6.42 Å². The Kier molecular flexibility index (Phi) is 5.41. The molecule has 2 N–H and O–H groups in total. The molecular weight excluding hydrogens is 254 g/mol. The third-order valence-electron chi connectivity index (χ3n) is 4.78. The van der Waals surface area contributed by atoms with Gasteiger partial charge in [0.15, 0.2) is 0 Å². The summed E-state index contributed by atoms with van der Waals surface area (Å²) in [5, 5.41) is 12.5. The number of hydrogen-bond acceptors (Lipinski definition) is 4. The lowest BCUT2D eigenvalue weighted by molar-refractivity contribution is -0.147. The Balaban J connectivity index is 2.06. The molecule has 0 aromatic heterocycles. The Morgan fingerprint density at radius 3 is 2.60 bits per heavy atom. The van der Waals surface area contributed by atoms with Crippen molar-refractivity contribution in [2.75, 3.05) is 39.3 Å². The summed E-state index contributed by atoms with van der Waals surface area (Å²) in [7, 11) is 0. The maximum Gasteiger partial charge on any atom is 0.242 e. The molecule has 2 fully saturated rings. The third-order valence-corrected chi connectivity index (χ3v) is 4.78. The summed E-state index contributed by atoms with van der Waals surface area (Å²) in [5.41, 5.74) is -0.437. The molecule has 5 nitrogen and oxygen atoms in total. The van der Waals surface area contributed by atoms with Gasteiger partial charge in [-0.1, -0.05) is 0 Å². The Bertz CT molecular complexity index is 325. The Morgan fingerprint density at radius 1 is 1.25 bits per heavy atom. The first-order valence-electron chi connectivity index (χ1n) is 7.95. The molecule has 1 atom stereocenters. The Morgan fingerprint density at radius 2 is 1.95 bits per heavy atom. The lowest BCUT2D eigenvalue weighted by atomic mass is 9.93. The van der Waals surface area contributed by atoms with E-state index in [2.05, 4.69) is 10.2 Å². The standard InChI is InChI=1S/C15H29N3O2/c1-15(2,17-10-7-16-8-11-17)14(20)18-9-4-3-5-13(18)6-12-19/h13,16,19H,3-12H2,1-2H3. The van der Waals surface area contributed by atoms with Crippen molar-refractivity contribution in [3.63, 3.8) is 0 Å². The zero-order valence-electron chi connectivity index (χ0n) is 12.9. The predicted molar refractivity (Wildman–Crippen MR) is 79.6 cm³/mol. The molecule has 116 valence electrons. The second kappa shape index (κ2) is 6.87. The zero-order chi connectivity index (χ0) is 14.6. The molecule has 2 aliphatic rings. The number of aliphatic hydroxyl groups excluding tert-OH is 1. The van der Waals surface area contributed by atoms with E-state index in [-0.39, 0.29) is 18.6 Å². The van der Waals surface area contributed by atoms with E-state index in [1.165, 1.54) is 6.42 Å². The Hall–Kier alpha value is -0.650. The largest absolute Gasteiger partial charge is 0.396 e. The van der Waals surface area contributed by atoms with Crippen molar-refractivity contribution >= 4 is 5.91 Å². The number of nitrogens with one attached hydrogen (secondary N) is 1. The molecule has 2 rings (SSSR count). The fourth-order valence-corrected chi connectivity index (χ4v) is 3.43. The van der Waals surface area contributed by atoms with E-state index >= 15 is 0 Å². The van der Waals surface area contributed by atoms with E-state index in [9.17, 15) is 9.90 Å². The average molecular weight is 283 g/mol. The van der Waals surface area contributed by atoms with E-state index in [1.807, 2.05) is 18.7 Å². The molecule has 20 heavy (non-hydrogen) atoms. The summed E-state index contributed by atoms with van der Waals surface area (Å²) in [6, 6.07) is 0.225. The highest BCUT2D eigenvalue weighted by atomic mass is 16.3. The smallest absolute Gasteiger partial charge is 0.242 e. The number of carbonyl (C=O) groups excluding carboxylic acids is 1. The number of carbonyl (C=O) groups is 1. The van der Waals surface area contributed by atoms with Crippen molar-refractivity contribution in [1.29, 1.82) is 0 Å². The SMILES string of the molecule is CC(C)(C(=O)N1CCCCC1CCO)N1CCNCC1. The van der Waals surface area contributed by atoms with Crippen LogP contribution in [0.15, 0.2) is 0 Å². The van der Waals surface area contributed by atoms with E-state index in [0.717, 1.165) is 45.6 Å². The highest BCUT2D eigenvalue weighted by Gasteiger charge is 2.40. The second-order valence-corrected chi connectivity index (χ2v) is 6.46. The van der Waals surface area contributed by atoms with Crippen LogP contribution in [0.4, 0.5) is 0 Å². The van der Waals surface area contributed by atoms with Crippen molar-refractivity contribution in [3.05, 3.63) is 0 Å². The first-order valence-corrected chi connectivity index (χ1v) is 7.95. The first kappa shape index (κ1) is 15.7. The highest BCUT2D eigenvalue weighted by Crippen LogP contribution is 2.26. The summed E-state index contributed by atoms with van der Waals surface area (Å²) >= 11 is 0. The van der Waals surface area contributed by atoms with Crippen LogP contribution in [-0.2, 0) is 4.79 Å². The molecule has 0 aliphatic carbocycles. The number of aliphatic hydroxyl groups is 1. The van der Waals surface area contributed by atoms with Crippen LogP contribution < -0.4 is 5.32 Å². The maximum atomic E-state index is 13.0. The van der Waals surface area contributed by atoms with Gasteiger partial charge in [0, 0.05) is 45.4 Å².